The second-order valence-corrected chi connectivity index (χ2v) is 13.9. The second kappa shape index (κ2) is 14.4. The predicted molar refractivity (Wildman–Crippen MR) is 182 cm³/mol. The summed E-state index contributed by atoms with van der Waals surface area (Å²) in [5.41, 5.74) is 7.90. The molecule has 3 heterocycles. The lowest BCUT2D eigenvalue weighted by molar-refractivity contribution is -0.132. The number of guanidine groups is 1. The van der Waals surface area contributed by atoms with Gasteiger partial charge in [-0.15, -0.1) is 0 Å². The Labute approximate surface area is 278 Å². The smallest absolute Gasteiger partial charge is 0.251 e. The molecule has 3 atom stereocenters. The Morgan fingerprint density at radius 1 is 1.02 bits per heavy atom. The summed E-state index contributed by atoms with van der Waals surface area (Å²) in [4.78, 5) is 45.3. The molecular formula is C37H51N5O5. The molecule has 0 radical (unpaired) electrons. The zero-order chi connectivity index (χ0) is 33.8. The third kappa shape index (κ3) is 7.91. The molecule has 0 saturated carbocycles. The molecule has 0 fully saturated rings. The molecule has 0 saturated heterocycles. The SMILES string of the molecule is CCC1(CC)CC(=O)N([C@@H]2C[C@@H](CCCCCCNC(C)=O)Oc3ccc(C(=O)N[C@H]4CC(C)(C)Oc5ccccc54)cc32)C(N)=N1. The van der Waals surface area contributed by atoms with Gasteiger partial charge in [0.25, 0.3) is 5.91 Å². The van der Waals surface area contributed by atoms with Gasteiger partial charge in [0.15, 0.2) is 5.96 Å². The van der Waals surface area contributed by atoms with Crippen molar-refractivity contribution in [1.29, 1.82) is 0 Å². The van der Waals surface area contributed by atoms with Crippen molar-refractivity contribution in [2.45, 2.75) is 128 Å². The second-order valence-electron chi connectivity index (χ2n) is 13.9. The number of nitrogens with two attached hydrogens (primary N) is 1. The van der Waals surface area contributed by atoms with Crippen LogP contribution in [0.1, 0.15) is 132 Å². The van der Waals surface area contributed by atoms with Gasteiger partial charge in [0.1, 0.15) is 23.2 Å². The highest BCUT2D eigenvalue weighted by Crippen LogP contribution is 2.43. The number of ether oxygens (including phenoxy) is 2. The summed E-state index contributed by atoms with van der Waals surface area (Å²) >= 11 is 0. The highest BCUT2D eigenvalue weighted by Gasteiger charge is 2.43. The number of nitrogens with zero attached hydrogens (tertiary/aromatic N) is 2. The average molecular weight is 646 g/mol. The van der Waals surface area contributed by atoms with E-state index in [1.165, 1.54) is 6.92 Å². The van der Waals surface area contributed by atoms with Crippen molar-refractivity contribution < 1.29 is 23.9 Å². The first-order chi connectivity index (χ1) is 22.4. The zero-order valence-electron chi connectivity index (χ0n) is 28.6. The number of nitrogens with one attached hydrogen (secondary N) is 2. The summed E-state index contributed by atoms with van der Waals surface area (Å²) in [6, 6.07) is 12.7. The van der Waals surface area contributed by atoms with Crippen LogP contribution in [0, 0.1) is 0 Å². The summed E-state index contributed by atoms with van der Waals surface area (Å²) in [7, 11) is 0. The molecule has 10 nitrogen and oxygen atoms in total. The van der Waals surface area contributed by atoms with Gasteiger partial charge < -0.3 is 25.8 Å². The Kier molecular flexibility index (Phi) is 10.5. The lowest BCUT2D eigenvalue weighted by Gasteiger charge is -2.43. The van der Waals surface area contributed by atoms with Crippen molar-refractivity contribution >= 4 is 23.7 Å². The lowest BCUT2D eigenvalue weighted by atomic mass is 9.86. The van der Waals surface area contributed by atoms with Crippen molar-refractivity contribution in [3.8, 4) is 11.5 Å². The number of benzene rings is 2. The van der Waals surface area contributed by atoms with Crippen LogP contribution in [0.25, 0.3) is 0 Å². The van der Waals surface area contributed by atoms with Crippen molar-refractivity contribution in [3.63, 3.8) is 0 Å². The molecule has 0 bridgehead atoms. The Morgan fingerprint density at radius 2 is 1.77 bits per heavy atom. The minimum Gasteiger partial charge on any atom is -0.490 e. The van der Waals surface area contributed by atoms with Crippen LogP contribution in [0.4, 0.5) is 0 Å². The van der Waals surface area contributed by atoms with Crippen LogP contribution in [-0.2, 0) is 9.59 Å². The fourth-order valence-corrected chi connectivity index (χ4v) is 7.19. The van der Waals surface area contributed by atoms with Gasteiger partial charge in [0.05, 0.1) is 24.0 Å². The van der Waals surface area contributed by atoms with Gasteiger partial charge in [-0.25, -0.2) is 4.99 Å². The summed E-state index contributed by atoms with van der Waals surface area (Å²) in [5.74, 6) is 1.42. The first-order valence-electron chi connectivity index (χ1n) is 17.3. The number of fused-ring (bicyclic) bond motifs is 2. The van der Waals surface area contributed by atoms with Crippen LogP contribution in [0.2, 0.25) is 0 Å². The molecule has 3 aliphatic heterocycles. The molecule has 3 amide bonds. The topological polar surface area (TPSA) is 135 Å². The minimum absolute atomic E-state index is 0.00555. The quantitative estimate of drug-likeness (QED) is 0.239. The molecule has 0 aromatic heterocycles. The maximum absolute atomic E-state index is 13.8. The van der Waals surface area contributed by atoms with Crippen molar-refractivity contribution in [2.24, 2.45) is 10.7 Å². The van der Waals surface area contributed by atoms with E-state index in [1.807, 2.05) is 64.1 Å². The van der Waals surface area contributed by atoms with E-state index in [0.29, 0.717) is 37.1 Å². The number of para-hydroxylation sites is 1. The molecule has 2 aromatic rings. The first-order valence-corrected chi connectivity index (χ1v) is 17.3. The third-order valence-corrected chi connectivity index (χ3v) is 9.89. The fourth-order valence-electron chi connectivity index (χ4n) is 7.19. The number of carbonyl (C=O) groups is 3. The van der Waals surface area contributed by atoms with E-state index < -0.39 is 17.2 Å². The van der Waals surface area contributed by atoms with Crippen LogP contribution in [-0.4, -0.2) is 52.4 Å². The molecule has 5 rings (SSSR count). The van der Waals surface area contributed by atoms with Crippen molar-refractivity contribution in [3.05, 3.63) is 59.2 Å². The number of aliphatic imine (C=N–C) groups is 1. The number of rotatable bonds is 12. The zero-order valence-corrected chi connectivity index (χ0v) is 28.6. The average Bonchev–Trinajstić information content (AvgIpc) is 3.03. The molecule has 2 aromatic carbocycles. The molecule has 10 heteroatoms. The number of amides is 3. The summed E-state index contributed by atoms with van der Waals surface area (Å²) in [5, 5.41) is 6.09. The summed E-state index contributed by atoms with van der Waals surface area (Å²) in [6.07, 6.45) is 7.58. The van der Waals surface area contributed by atoms with Gasteiger partial charge >= 0.3 is 0 Å². The summed E-state index contributed by atoms with van der Waals surface area (Å²) in [6.45, 7) is 10.4. The van der Waals surface area contributed by atoms with Gasteiger partial charge in [-0.3, -0.25) is 19.3 Å². The first kappa shape index (κ1) is 34.3. The Hall–Kier alpha value is -4.08. The highest BCUT2D eigenvalue weighted by molar-refractivity contribution is 6.00. The van der Waals surface area contributed by atoms with Crippen LogP contribution in [0.3, 0.4) is 0 Å². The standard InChI is InChI=1S/C37H51N5O5/c1-6-37(7-2)23-33(44)42(35(38)41-37)30-21-26(14-10-8-9-13-19-39-24(3)43)46-31-18-17-25(20-28(30)31)34(45)40-29-22-36(4,5)47-32-16-12-11-15-27(29)32/h11-12,15-18,20,26,29-30H,6-10,13-14,19,21-23H2,1-5H3,(H2,38,41)(H,39,43)(H,40,45)/t26-,29+,30-/m1/s1. The molecule has 4 N–H and O–H groups in total. The van der Waals surface area contributed by atoms with Gasteiger partial charge in [0.2, 0.25) is 11.8 Å². The molecular weight excluding hydrogens is 594 g/mol. The molecule has 3 aliphatic rings. The molecule has 47 heavy (non-hydrogen) atoms. The Bertz CT molecular complexity index is 1500. The predicted octanol–water partition coefficient (Wildman–Crippen LogP) is 6.10. The van der Waals surface area contributed by atoms with Gasteiger partial charge in [-0.2, -0.15) is 0 Å². The normalized spacial score (nSPS) is 22.6. The molecule has 0 aliphatic carbocycles. The van der Waals surface area contributed by atoms with Gasteiger partial charge in [0, 0.05) is 43.0 Å². The fraction of sp³-hybridized carbons (Fsp3) is 0.568. The molecule has 0 unspecified atom stereocenters. The van der Waals surface area contributed by atoms with Gasteiger partial charge in [-0.05, 0) is 70.2 Å². The molecule has 0 spiro atoms. The highest BCUT2D eigenvalue weighted by atomic mass is 16.5. The van der Waals surface area contributed by atoms with Crippen LogP contribution in [0.15, 0.2) is 47.5 Å². The van der Waals surface area contributed by atoms with E-state index in [-0.39, 0.29) is 35.8 Å². The summed E-state index contributed by atoms with van der Waals surface area (Å²) < 4.78 is 12.7. The van der Waals surface area contributed by atoms with E-state index in [4.69, 9.17) is 20.2 Å². The monoisotopic (exact) mass is 645 g/mol. The minimum atomic E-state index is -0.488. The van der Waals surface area contributed by atoms with E-state index in [0.717, 1.165) is 61.8 Å². The third-order valence-electron chi connectivity index (χ3n) is 9.89. The van der Waals surface area contributed by atoms with Crippen molar-refractivity contribution in [2.75, 3.05) is 6.54 Å². The van der Waals surface area contributed by atoms with Gasteiger partial charge in [-0.1, -0.05) is 44.9 Å². The lowest BCUT2D eigenvalue weighted by Crippen LogP contribution is -2.53. The Balaban J connectivity index is 1.38. The number of hydrogen-bond donors (Lipinski definition) is 3. The van der Waals surface area contributed by atoms with Crippen LogP contribution in [0.5, 0.6) is 11.5 Å². The maximum atomic E-state index is 13.8. The van der Waals surface area contributed by atoms with E-state index in [2.05, 4.69) is 10.6 Å². The van der Waals surface area contributed by atoms with Crippen LogP contribution < -0.4 is 25.8 Å². The van der Waals surface area contributed by atoms with E-state index in [9.17, 15) is 14.4 Å². The largest absolute Gasteiger partial charge is 0.490 e. The van der Waals surface area contributed by atoms with Crippen LogP contribution >= 0.6 is 0 Å². The number of unbranched alkanes of at least 4 members (excludes halogenated alkanes) is 3. The number of carbonyl (C=O) groups excluding carboxylic acids is 3. The maximum Gasteiger partial charge on any atom is 0.251 e. The Morgan fingerprint density at radius 3 is 2.49 bits per heavy atom. The van der Waals surface area contributed by atoms with E-state index in [1.54, 1.807) is 11.0 Å². The molecule has 254 valence electrons. The van der Waals surface area contributed by atoms with E-state index >= 15 is 0 Å². The number of hydrogen-bond acceptors (Lipinski definition) is 7. The van der Waals surface area contributed by atoms with Crippen molar-refractivity contribution in [1.82, 2.24) is 15.5 Å².